The van der Waals surface area contributed by atoms with Crippen LogP contribution in [-0.4, -0.2) is 49.1 Å². The highest BCUT2D eigenvalue weighted by Gasteiger charge is 2.23. The maximum Gasteiger partial charge on any atom is 0.241 e. The number of nitrogens with zero attached hydrogens (tertiary/aromatic N) is 2. The van der Waals surface area contributed by atoms with Crippen molar-refractivity contribution in [3.05, 3.63) is 72.2 Å². The molecule has 1 atom stereocenters. The van der Waals surface area contributed by atoms with E-state index in [9.17, 15) is 17.6 Å². The van der Waals surface area contributed by atoms with E-state index in [0.717, 1.165) is 36.9 Å². The zero-order valence-electron chi connectivity index (χ0n) is 18.8. The zero-order valence-corrected chi connectivity index (χ0v) is 19.6. The molecular weight excluding hydrogens is 443 g/mol. The second-order valence-corrected chi connectivity index (χ2v) is 9.73. The quantitative estimate of drug-likeness (QED) is 0.416. The van der Waals surface area contributed by atoms with Crippen LogP contribution in [0.15, 0.2) is 65.6 Å². The van der Waals surface area contributed by atoms with Crippen molar-refractivity contribution < 1.29 is 17.6 Å². The average molecular weight is 473 g/mol. The standard InChI is InChI=1S/C24H29FN4O3S/c1-18(28-33(31,32)22-13-6-3-7-14-22)24(30)29(2)15-8-4-5-12-21-17-23(27-26-21)19-10-9-11-20(25)16-19/h3,6-7,9-11,13-14,16-18,28H,4-5,8,12,15H2,1-2H3,(H,26,27)/t18-/m0/s1. The van der Waals surface area contributed by atoms with E-state index >= 15 is 0 Å². The number of carbonyl (C=O) groups is 1. The van der Waals surface area contributed by atoms with E-state index in [1.165, 1.54) is 24.3 Å². The third-order valence-corrected chi connectivity index (χ3v) is 6.88. The number of sulfonamides is 1. The second-order valence-electron chi connectivity index (χ2n) is 8.02. The minimum atomic E-state index is -3.75. The Kier molecular flexibility index (Phi) is 8.35. The number of halogens is 1. The maximum atomic E-state index is 13.4. The van der Waals surface area contributed by atoms with Crippen molar-refractivity contribution in [3.63, 3.8) is 0 Å². The molecule has 0 fully saturated rings. The van der Waals surface area contributed by atoms with Gasteiger partial charge in [-0.2, -0.15) is 9.82 Å². The number of amides is 1. The fraction of sp³-hybridized carbons (Fsp3) is 0.333. The van der Waals surface area contributed by atoms with E-state index in [4.69, 9.17) is 0 Å². The molecule has 1 amide bonds. The normalized spacial score (nSPS) is 12.5. The predicted octanol–water partition coefficient (Wildman–Crippen LogP) is 3.75. The number of H-pyrrole nitrogens is 1. The van der Waals surface area contributed by atoms with E-state index in [1.54, 1.807) is 43.1 Å². The smallest absolute Gasteiger partial charge is 0.241 e. The molecule has 1 heterocycles. The van der Waals surface area contributed by atoms with Gasteiger partial charge in [-0.1, -0.05) is 36.8 Å². The zero-order chi connectivity index (χ0) is 23.8. The third-order valence-electron chi connectivity index (χ3n) is 5.32. The molecule has 3 aromatic rings. The molecule has 0 saturated heterocycles. The number of carbonyl (C=O) groups excluding carboxylic acids is 1. The van der Waals surface area contributed by atoms with Crippen molar-refractivity contribution >= 4 is 15.9 Å². The lowest BCUT2D eigenvalue weighted by molar-refractivity contribution is -0.131. The van der Waals surface area contributed by atoms with Crippen molar-refractivity contribution in [1.82, 2.24) is 19.8 Å². The van der Waals surface area contributed by atoms with Gasteiger partial charge in [0.05, 0.1) is 16.6 Å². The molecule has 7 nitrogen and oxygen atoms in total. The number of rotatable bonds is 11. The van der Waals surface area contributed by atoms with Gasteiger partial charge in [0, 0.05) is 24.8 Å². The topological polar surface area (TPSA) is 95.2 Å². The fourth-order valence-electron chi connectivity index (χ4n) is 3.52. The first kappa shape index (κ1) is 24.6. The van der Waals surface area contributed by atoms with Crippen LogP contribution in [0.5, 0.6) is 0 Å². The summed E-state index contributed by atoms with van der Waals surface area (Å²) < 4.78 is 40.6. The van der Waals surface area contributed by atoms with Crippen LogP contribution in [0.3, 0.4) is 0 Å². The number of aryl methyl sites for hydroxylation is 1. The summed E-state index contributed by atoms with van der Waals surface area (Å²) in [7, 11) is -2.07. The van der Waals surface area contributed by atoms with Crippen LogP contribution in [0.2, 0.25) is 0 Å². The molecule has 3 rings (SSSR count). The Morgan fingerprint density at radius 1 is 1.09 bits per heavy atom. The Hall–Kier alpha value is -3.04. The van der Waals surface area contributed by atoms with E-state index in [2.05, 4.69) is 14.9 Å². The minimum Gasteiger partial charge on any atom is -0.344 e. The van der Waals surface area contributed by atoms with Gasteiger partial charge in [0.1, 0.15) is 5.82 Å². The highest BCUT2D eigenvalue weighted by molar-refractivity contribution is 7.89. The summed E-state index contributed by atoms with van der Waals surface area (Å²) in [4.78, 5) is 14.2. The van der Waals surface area contributed by atoms with Gasteiger partial charge in [-0.25, -0.2) is 12.8 Å². The number of benzene rings is 2. The van der Waals surface area contributed by atoms with Crippen molar-refractivity contribution in [3.8, 4) is 11.3 Å². The number of aromatic nitrogens is 2. The van der Waals surface area contributed by atoms with Crippen molar-refractivity contribution in [2.45, 2.75) is 43.5 Å². The summed E-state index contributed by atoms with van der Waals surface area (Å²) in [6.07, 6.45) is 3.40. The molecule has 0 spiro atoms. The number of hydrogen-bond donors (Lipinski definition) is 2. The molecule has 0 radical (unpaired) electrons. The van der Waals surface area contributed by atoms with Crippen molar-refractivity contribution in [2.75, 3.05) is 13.6 Å². The predicted molar refractivity (Wildman–Crippen MR) is 125 cm³/mol. The SMILES string of the molecule is C[C@H](NS(=O)(=O)c1ccccc1)C(=O)N(C)CCCCCc1cc(-c2cccc(F)c2)n[nH]1. The van der Waals surface area contributed by atoms with Crippen LogP contribution in [0.4, 0.5) is 4.39 Å². The van der Waals surface area contributed by atoms with E-state index in [0.29, 0.717) is 12.2 Å². The molecule has 33 heavy (non-hydrogen) atoms. The van der Waals surface area contributed by atoms with Gasteiger partial charge in [-0.3, -0.25) is 9.89 Å². The van der Waals surface area contributed by atoms with Gasteiger partial charge in [-0.05, 0) is 56.5 Å². The Labute approximate surface area is 194 Å². The number of hydrogen-bond acceptors (Lipinski definition) is 4. The Bertz CT molecular complexity index is 1170. The molecule has 176 valence electrons. The third kappa shape index (κ3) is 6.97. The molecule has 9 heteroatoms. The molecular formula is C24H29FN4O3S. The minimum absolute atomic E-state index is 0.131. The van der Waals surface area contributed by atoms with Gasteiger partial charge in [0.2, 0.25) is 15.9 Å². The van der Waals surface area contributed by atoms with Crippen molar-refractivity contribution in [1.29, 1.82) is 0 Å². The summed E-state index contributed by atoms with van der Waals surface area (Å²) in [5.41, 5.74) is 2.42. The van der Waals surface area contributed by atoms with E-state index < -0.39 is 16.1 Å². The van der Waals surface area contributed by atoms with E-state index in [-0.39, 0.29) is 16.6 Å². The first-order valence-electron chi connectivity index (χ1n) is 10.9. The van der Waals surface area contributed by atoms with Gasteiger partial charge in [0.15, 0.2) is 0 Å². The molecule has 0 saturated carbocycles. The highest BCUT2D eigenvalue weighted by atomic mass is 32.2. The lowest BCUT2D eigenvalue weighted by Gasteiger charge is -2.22. The summed E-state index contributed by atoms with van der Waals surface area (Å²) >= 11 is 0. The molecule has 1 aromatic heterocycles. The molecule has 0 bridgehead atoms. The first-order valence-corrected chi connectivity index (χ1v) is 12.4. The van der Waals surface area contributed by atoms with Gasteiger partial charge in [-0.15, -0.1) is 0 Å². The Morgan fingerprint density at radius 2 is 1.85 bits per heavy atom. The van der Waals surface area contributed by atoms with E-state index in [1.807, 2.05) is 12.1 Å². The molecule has 2 aromatic carbocycles. The maximum absolute atomic E-state index is 13.4. The highest BCUT2D eigenvalue weighted by Crippen LogP contribution is 2.19. The number of nitrogens with one attached hydrogen (secondary N) is 2. The van der Waals surface area contributed by atoms with Crippen LogP contribution in [0.1, 0.15) is 31.9 Å². The number of unbranched alkanes of at least 4 members (excludes halogenated alkanes) is 2. The van der Waals surface area contributed by atoms with Crippen LogP contribution in [0, 0.1) is 5.82 Å². The molecule has 2 N–H and O–H groups in total. The lowest BCUT2D eigenvalue weighted by atomic mass is 10.1. The summed E-state index contributed by atoms with van der Waals surface area (Å²) in [5, 5.41) is 7.24. The lowest BCUT2D eigenvalue weighted by Crippen LogP contribution is -2.45. The first-order chi connectivity index (χ1) is 15.8. The summed E-state index contributed by atoms with van der Waals surface area (Å²) in [6.45, 7) is 2.08. The van der Waals surface area contributed by atoms with Crippen LogP contribution >= 0.6 is 0 Å². The Morgan fingerprint density at radius 3 is 2.58 bits per heavy atom. The van der Waals surface area contributed by atoms with Crippen LogP contribution in [0.25, 0.3) is 11.3 Å². The fourth-order valence-corrected chi connectivity index (χ4v) is 4.74. The summed E-state index contributed by atoms with van der Waals surface area (Å²) in [5.74, 6) is -0.569. The van der Waals surface area contributed by atoms with Gasteiger partial charge in [0.25, 0.3) is 0 Å². The largest absolute Gasteiger partial charge is 0.344 e. The molecule has 0 unspecified atom stereocenters. The van der Waals surface area contributed by atoms with Crippen LogP contribution in [-0.2, 0) is 21.2 Å². The number of likely N-dealkylation sites (N-methyl/N-ethyl adjacent to an activating group) is 1. The second kappa shape index (κ2) is 11.2. The monoisotopic (exact) mass is 472 g/mol. The van der Waals surface area contributed by atoms with Crippen LogP contribution < -0.4 is 4.72 Å². The Balaban J connectivity index is 1.39. The summed E-state index contributed by atoms with van der Waals surface area (Å²) in [6, 6.07) is 15.4. The molecule has 0 aliphatic rings. The molecule has 0 aliphatic heterocycles. The van der Waals surface area contributed by atoms with Crippen molar-refractivity contribution in [2.24, 2.45) is 0 Å². The number of aromatic amines is 1. The average Bonchev–Trinajstić information content (AvgIpc) is 3.27. The van der Waals surface area contributed by atoms with Gasteiger partial charge >= 0.3 is 0 Å². The van der Waals surface area contributed by atoms with Gasteiger partial charge < -0.3 is 4.90 Å². The molecule has 0 aliphatic carbocycles.